The van der Waals surface area contributed by atoms with E-state index >= 15 is 0 Å². The molecule has 0 amide bonds. The van der Waals surface area contributed by atoms with Crippen LogP contribution < -0.4 is 5.73 Å². The van der Waals surface area contributed by atoms with Crippen LogP contribution in [0, 0.1) is 0 Å². The minimum absolute atomic E-state index is 0.585. The number of hydrogen-bond acceptors (Lipinski definition) is 4. The maximum atomic E-state index is 5.62. The van der Waals surface area contributed by atoms with Crippen LogP contribution in [0.5, 0.6) is 0 Å². The molecule has 11 heavy (non-hydrogen) atoms. The maximum absolute atomic E-state index is 5.62. The lowest BCUT2D eigenvalue weighted by atomic mass is 10.4. The zero-order chi connectivity index (χ0) is 8.10. The number of pyridine rings is 1. The average molecular weight is 170 g/mol. The number of anilines is 1. The minimum atomic E-state index is 0.585. The van der Waals surface area contributed by atoms with E-state index in [4.69, 9.17) is 10.5 Å². The first-order chi connectivity index (χ1) is 5.34. The standard InChI is InChI=1S/C7H10N2OS/c1-10-5-11-7-6(8)3-2-4-9-7/h2-4H,5,8H2,1H3. The van der Waals surface area contributed by atoms with E-state index in [9.17, 15) is 0 Å². The Morgan fingerprint density at radius 2 is 2.55 bits per heavy atom. The van der Waals surface area contributed by atoms with Crippen LogP contribution in [0.15, 0.2) is 23.4 Å². The van der Waals surface area contributed by atoms with Crippen molar-refractivity contribution in [2.75, 3.05) is 18.8 Å². The molecular weight excluding hydrogens is 160 g/mol. The molecule has 1 heterocycles. The quantitative estimate of drug-likeness (QED) is 0.549. The van der Waals surface area contributed by atoms with E-state index in [0.717, 1.165) is 5.03 Å². The second-order valence-electron chi connectivity index (χ2n) is 1.95. The smallest absolute Gasteiger partial charge is 0.121 e. The highest BCUT2D eigenvalue weighted by atomic mass is 32.2. The van der Waals surface area contributed by atoms with E-state index < -0.39 is 0 Å². The molecule has 0 bridgehead atoms. The second kappa shape index (κ2) is 4.20. The molecule has 0 atom stereocenters. The molecule has 0 spiro atoms. The summed E-state index contributed by atoms with van der Waals surface area (Å²) in [4.78, 5) is 4.07. The lowest BCUT2D eigenvalue weighted by molar-refractivity contribution is 0.258. The van der Waals surface area contributed by atoms with E-state index in [1.54, 1.807) is 13.3 Å². The Morgan fingerprint density at radius 3 is 3.18 bits per heavy atom. The lowest BCUT2D eigenvalue weighted by Gasteiger charge is -2.01. The van der Waals surface area contributed by atoms with Gasteiger partial charge < -0.3 is 10.5 Å². The first-order valence-corrected chi connectivity index (χ1v) is 4.15. The summed E-state index contributed by atoms with van der Waals surface area (Å²) in [6.45, 7) is 0. The molecule has 0 aliphatic rings. The van der Waals surface area contributed by atoms with Crippen LogP contribution in [0.4, 0.5) is 5.69 Å². The molecule has 0 aliphatic heterocycles. The second-order valence-corrected chi connectivity index (χ2v) is 2.86. The van der Waals surface area contributed by atoms with Crippen LogP contribution in [0.25, 0.3) is 0 Å². The van der Waals surface area contributed by atoms with Crippen molar-refractivity contribution in [3.05, 3.63) is 18.3 Å². The molecule has 0 radical (unpaired) electrons. The van der Waals surface area contributed by atoms with Gasteiger partial charge in [0.2, 0.25) is 0 Å². The number of rotatable bonds is 3. The van der Waals surface area contributed by atoms with Crippen molar-refractivity contribution in [2.45, 2.75) is 5.03 Å². The van der Waals surface area contributed by atoms with E-state index in [1.165, 1.54) is 11.8 Å². The number of aromatic nitrogens is 1. The topological polar surface area (TPSA) is 48.1 Å². The van der Waals surface area contributed by atoms with Gasteiger partial charge in [-0.3, -0.25) is 0 Å². The predicted octanol–water partition coefficient (Wildman–Crippen LogP) is 1.36. The van der Waals surface area contributed by atoms with Crippen LogP contribution in [0.1, 0.15) is 0 Å². The van der Waals surface area contributed by atoms with Crippen molar-refractivity contribution in [1.82, 2.24) is 4.98 Å². The first-order valence-electron chi connectivity index (χ1n) is 3.17. The van der Waals surface area contributed by atoms with Gasteiger partial charge in [0.25, 0.3) is 0 Å². The Kier molecular flexibility index (Phi) is 3.19. The first kappa shape index (κ1) is 8.36. The number of nitrogens with zero attached hydrogens (tertiary/aromatic N) is 1. The third-order valence-electron chi connectivity index (χ3n) is 1.11. The van der Waals surface area contributed by atoms with Crippen molar-refractivity contribution < 1.29 is 4.74 Å². The van der Waals surface area contributed by atoms with Gasteiger partial charge in [0.1, 0.15) is 5.03 Å². The lowest BCUT2D eigenvalue weighted by Crippen LogP contribution is -1.92. The predicted molar refractivity (Wildman–Crippen MR) is 46.4 cm³/mol. The molecule has 4 heteroatoms. The van der Waals surface area contributed by atoms with Gasteiger partial charge >= 0.3 is 0 Å². The maximum Gasteiger partial charge on any atom is 0.121 e. The largest absolute Gasteiger partial charge is 0.397 e. The summed E-state index contributed by atoms with van der Waals surface area (Å²) in [5.41, 5.74) is 6.33. The molecule has 1 rings (SSSR count). The Hall–Kier alpha value is -0.740. The van der Waals surface area contributed by atoms with E-state index in [1.807, 2.05) is 12.1 Å². The van der Waals surface area contributed by atoms with Crippen molar-refractivity contribution >= 4 is 17.4 Å². The highest BCUT2D eigenvalue weighted by Crippen LogP contribution is 2.20. The van der Waals surface area contributed by atoms with Gasteiger partial charge in [0, 0.05) is 13.3 Å². The Balaban J connectivity index is 2.62. The fraction of sp³-hybridized carbons (Fsp3) is 0.286. The third kappa shape index (κ3) is 2.40. The SMILES string of the molecule is COCSc1ncccc1N. The summed E-state index contributed by atoms with van der Waals surface area (Å²) in [7, 11) is 1.64. The van der Waals surface area contributed by atoms with Crippen LogP contribution >= 0.6 is 11.8 Å². The van der Waals surface area contributed by atoms with Gasteiger partial charge in [-0.05, 0) is 12.1 Å². The monoisotopic (exact) mass is 170 g/mol. The van der Waals surface area contributed by atoms with E-state index in [2.05, 4.69) is 4.98 Å². The molecule has 0 unspecified atom stereocenters. The van der Waals surface area contributed by atoms with E-state index in [0.29, 0.717) is 11.6 Å². The number of ether oxygens (including phenoxy) is 1. The van der Waals surface area contributed by atoms with Crippen molar-refractivity contribution in [2.24, 2.45) is 0 Å². The molecular formula is C7H10N2OS. The minimum Gasteiger partial charge on any atom is -0.397 e. The van der Waals surface area contributed by atoms with Gasteiger partial charge in [0.05, 0.1) is 11.6 Å². The number of thioether (sulfide) groups is 1. The third-order valence-corrected chi connectivity index (χ3v) is 2.08. The molecule has 2 N–H and O–H groups in total. The molecule has 0 aliphatic carbocycles. The fourth-order valence-electron chi connectivity index (χ4n) is 0.639. The summed E-state index contributed by atoms with van der Waals surface area (Å²) in [6.07, 6.45) is 1.72. The molecule has 0 aromatic carbocycles. The molecule has 0 saturated heterocycles. The fourth-order valence-corrected chi connectivity index (χ4v) is 1.24. The average Bonchev–Trinajstić information content (AvgIpc) is 2.03. The van der Waals surface area contributed by atoms with Gasteiger partial charge in [0.15, 0.2) is 0 Å². The molecule has 0 fully saturated rings. The normalized spacial score (nSPS) is 9.91. The molecule has 1 aromatic heterocycles. The zero-order valence-electron chi connectivity index (χ0n) is 6.28. The molecule has 3 nitrogen and oxygen atoms in total. The number of nitrogen functional groups attached to an aromatic ring is 1. The van der Waals surface area contributed by atoms with Crippen molar-refractivity contribution in [3.63, 3.8) is 0 Å². The Labute approximate surface area is 70.0 Å². The van der Waals surface area contributed by atoms with Crippen LogP contribution in [-0.4, -0.2) is 18.0 Å². The van der Waals surface area contributed by atoms with Crippen LogP contribution in [0.3, 0.4) is 0 Å². The summed E-state index contributed by atoms with van der Waals surface area (Å²) < 4.78 is 4.87. The van der Waals surface area contributed by atoms with Crippen LogP contribution in [0.2, 0.25) is 0 Å². The van der Waals surface area contributed by atoms with Crippen LogP contribution in [-0.2, 0) is 4.74 Å². The Morgan fingerprint density at radius 1 is 1.73 bits per heavy atom. The van der Waals surface area contributed by atoms with E-state index in [-0.39, 0.29) is 0 Å². The molecule has 1 aromatic rings. The zero-order valence-corrected chi connectivity index (χ0v) is 7.10. The highest BCUT2D eigenvalue weighted by molar-refractivity contribution is 7.99. The Bertz CT molecular complexity index is 229. The van der Waals surface area contributed by atoms with Gasteiger partial charge in [-0.15, -0.1) is 0 Å². The number of methoxy groups -OCH3 is 1. The van der Waals surface area contributed by atoms with Crippen molar-refractivity contribution in [1.29, 1.82) is 0 Å². The molecule has 0 saturated carbocycles. The van der Waals surface area contributed by atoms with Gasteiger partial charge in [-0.25, -0.2) is 4.98 Å². The number of nitrogens with two attached hydrogens (primary N) is 1. The van der Waals surface area contributed by atoms with Gasteiger partial charge in [-0.1, -0.05) is 11.8 Å². The van der Waals surface area contributed by atoms with Gasteiger partial charge in [-0.2, -0.15) is 0 Å². The number of hydrogen-bond donors (Lipinski definition) is 1. The molecule has 60 valence electrons. The highest BCUT2D eigenvalue weighted by Gasteiger charge is 1.97. The summed E-state index contributed by atoms with van der Waals surface area (Å²) >= 11 is 1.49. The summed E-state index contributed by atoms with van der Waals surface area (Å²) in [6, 6.07) is 3.64. The van der Waals surface area contributed by atoms with Crippen molar-refractivity contribution in [3.8, 4) is 0 Å². The summed E-state index contributed by atoms with van der Waals surface area (Å²) in [5, 5.41) is 0.828. The summed E-state index contributed by atoms with van der Waals surface area (Å²) in [5.74, 6) is 0.585.